The molecule has 0 bridgehead atoms. The Morgan fingerprint density at radius 2 is 1.26 bits per heavy atom. The van der Waals surface area contributed by atoms with Crippen molar-refractivity contribution in [2.24, 2.45) is 0 Å². The number of carbonyl (C=O) groups excluding carboxylic acids is 1. The lowest BCUT2D eigenvalue weighted by atomic mass is 10.3. The van der Waals surface area contributed by atoms with Gasteiger partial charge in [-0.15, -0.1) is 0 Å². The number of carboxylic acid groups (broad SMARTS) is 1. The molecule has 0 spiro atoms. The average Bonchev–Trinajstić information content (AvgIpc) is 2.71. The third-order valence-corrected chi connectivity index (χ3v) is 5.94. The molecule has 0 aliphatic heterocycles. The van der Waals surface area contributed by atoms with Gasteiger partial charge in [0.05, 0.1) is 18.0 Å². The normalized spacial score (nSPS) is 10.0. The summed E-state index contributed by atoms with van der Waals surface area (Å²) in [5.74, 6) is -0.0686. The van der Waals surface area contributed by atoms with Crippen LogP contribution in [0, 0.1) is 0 Å². The molecule has 0 aliphatic carbocycles. The fraction of sp³-hybridized carbons (Fsp3) is 0.174. The standard InChI is InChI=1S/C19H17OS.C4H8O2/c1-20-16-12-14-19(15-13-16)21(17-8-4-2-5-9-17)18-10-6-3-7-11-18;1-2-3-4(5)6/h2-15H,1H3;2-3H2,1H3,(H,5,6)/q+1;/p-1. The highest BCUT2D eigenvalue weighted by atomic mass is 32.2. The number of hydrogen-bond acceptors (Lipinski definition) is 3. The summed E-state index contributed by atoms with van der Waals surface area (Å²) >= 11 is 0. The van der Waals surface area contributed by atoms with Gasteiger partial charge in [0.15, 0.2) is 14.7 Å². The van der Waals surface area contributed by atoms with E-state index in [4.69, 9.17) is 4.74 Å². The summed E-state index contributed by atoms with van der Waals surface area (Å²) in [5, 5.41) is 9.49. The van der Waals surface area contributed by atoms with E-state index in [0.717, 1.165) is 5.75 Å². The van der Waals surface area contributed by atoms with E-state index in [1.807, 2.05) is 12.1 Å². The maximum atomic E-state index is 9.49. The Kier molecular flexibility index (Phi) is 8.46. The molecule has 3 aromatic rings. The van der Waals surface area contributed by atoms with Crippen LogP contribution in [-0.2, 0) is 15.7 Å². The Balaban J connectivity index is 0.000000380. The van der Waals surface area contributed by atoms with Crippen molar-refractivity contribution in [3.8, 4) is 5.75 Å². The van der Waals surface area contributed by atoms with Crippen molar-refractivity contribution in [1.82, 2.24) is 0 Å². The van der Waals surface area contributed by atoms with Gasteiger partial charge in [-0.05, 0) is 55.0 Å². The Hall–Kier alpha value is -2.72. The average molecular weight is 381 g/mol. The van der Waals surface area contributed by atoms with Crippen molar-refractivity contribution in [2.45, 2.75) is 34.5 Å². The van der Waals surface area contributed by atoms with E-state index >= 15 is 0 Å². The van der Waals surface area contributed by atoms with Crippen LogP contribution >= 0.6 is 0 Å². The van der Waals surface area contributed by atoms with Gasteiger partial charge in [-0.1, -0.05) is 49.7 Å². The minimum Gasteiger partial charge on any atom is -0.550 e. The van der Waals surface area contributed by atoms with E-state index in [1.54, 1.807) is 14.0 Å². The molecule has 4 heteroatoms. The second-order valence-corrected chi connectivity index (χ2v) is 7.76. The molecule has 0 saturated carbocycles. The molecule has 3 nitrogen and oxygen atoms in total. The molecule has 0 N–H and O–H groups in total. The van der Waals surface area contributed by atoms with Gasteiger partial charge in [-0.25, -0.2) is 0 Å². The third-order valence-electron chi connectivity index (χ3n) is 3.71. The summed E-state index contributed by atoms with van der Waals surface area (Å²) in [4.78, 5) is 13.4. The fourth-order valence-corrected chi connectivity index (χ4v) is 4.52. The van der Waals surface area contributed by atoms with E-state index in [9.17, 15) is 9.90 Å². The van der Waals surface area contributed by atoms with Crippen LogP contribution in [0.25, 0.3) is 0 Å². The Labute approximate surface area is 164 Å². The predicted octanol–water partition coefficient (Wildman–Crippen LogP) is 4.33. The van der Waals surface area contributed by atoms with E-state index in [1.165, 1.54) is 14.7 Å². The van der Waals surface area contributed by atoms with Crippen LogP contribution in [0.15, 0.2) is 99.6 Å². The number of ether oxygens (including phenoxy) is 1. The Bertz CT molecular complexity index is 763. The van der Waals surface area contributed by atoms with Gasteiger partial charge < -0.3 is 14.6 Å². The lowest BCUT2D eigenvalue weighted by Crippen LogP contribution is -2.20. The summed E-state index contributed by atoms with van der Waals surface area (Å²) in [6.45, 7) is 1.80. The van der Waals surface area contributed by atoms with Gasteiger partial charge in [-0.3, -0.25) is 0 Å². The van der Waals surface area contributed by atoms with Gasteiger partial charge in [0, 0.05) is 5.97 Å². The number of hydrogen-bond donors (Lipinski definition) is 0. The predicted molar refractivity (Wildman–Crippen MR) is 108 cm³/mol. The topological polar surface area (TPSA) is 49.4 Å². The van der Waals surface area contributed by atoms with Gasteiger partial charge >= 0.3 is 0 Å². The van der Waals surface area contributed by atoms with Crippen LogP contribution in [0.2, 0.25) is 0 Å². The van der Waals surface area contributed by atoms with Gasteiger partial charge in [0.1, 0.15) is 5.75 Å². The van der Waals surface area contributed by atoms with Crippen molar-refractivity contribution in [1.29, 1.82) is 0 Å². The maximum absolute atomic E-state index is 9.49. The first-order valence-corrected chi connectivity index (χ1v) is 10.1. The highest BCUT2D eigenvalue weighted by Crippen LogP contribution is 2.31. The maximum Gasteiger partial charge on any atom is 0.166 e. The number of aliphatic carboxylic acids is 1. The van der Waals surface area contributed by atoms with Crippen molar-refractivity contribution in [2.75, 3.05) is 7.11 Å². The third kappa shape index (κ3) is 6.50. The summed E-state index contributed by atoms with van der Waals surface area (Å²) in [7, 11) is 1.62. The van der Waals surface area contributed by atoms with Crippen LogP contribution < -0.4 is 9.84 Å². The molecule has 0 heterocycles. The monoisotopic (exact) mass is 380 g/mol. The Morgan fingerprint density at radius 1 is 0.815 bits per heavy atom. The number of methoxy groups -OCH3 is 1. The van der Waals surface area contributed by atoms with Crippen LogP contribution in [0.1, 0.15) is 19.8 Å². The molecular weight excluding hydrogens is 356 g/mol. The molecule has 0 aliphatic rings. The first kappa shape index (κ1) is 20.6. The lowest BCUT2D eigenvalue weighted by molar-refractivity contribution is -0.305. The first-order chi connectivity index (χ1) is 13.2. The zero-order valence-corrected chi connectivity index (χ0v) is 16.4. The number of carboxylic acids is 1. The fourth-order valence-electron chi connectivity index (χ4n) is 2.44. The molecular formula is C23H24O3S. The molecule has 0 aromatic heterocycles. The quantitative estimate of drug-likeness (QED) is 0.598. The van der Waals surface area contributed by atoms with Crippen molar-refractivity contribution in [3.05, 3.63) is 84.9 Å². The Morgan fingerprint density at radius 3 is 1.59 bits per heavy atom. The highest BCUT2D eigenvalue weighted by Gasteiger charge is 2.27. The minimum atomic E-state index is -0.961. The smallest absolute Gasteiger partial charge is 0.166 e. The second-order valence-electron chi connectivity index (χ2n) is 5.73. The zero-order chi connectivity index (χ0) is 19.5. The molecule has 0 unspecified atom stereocenters. The molecule has 0 radical (unpaired) electrons. The number of rotatable bonds is 6. The zero-order valence-electron chi connectivity index (χ0n) is 15.6. The molecule has 3 aromatic carbocycles. The van der Waals surface area contributed by atoms with Crippen LogP contribution in [-0.4, -0.2) is 13.1 Å². The van der Waals surface area contributed by atoms with Crippen molar-refractivity contribution in [3.63, 3.8) is 0 Å². The SMILES string of the molecule is CCCC(=O)[O-].COc1ccc([S+](c2ccccc2)c2ccccc2)cc1. The largest absolute Gasteiger partial charge is 0.550 e. The van der Waals surface area contributed by atoms with Gasteiger partial charge in [0.2, 0.25) is 0 Å². The molecule has 27 heavy (non-hydrogen) atoms. The van der Waals surface area contributed by atoms with E-state index in [0.29, 0.717) is 6.42 Å². The molecule has 0 atom stereocenters. The van der Waals surface area contributed by atoms with Crippen molar-refractivity contribution >= 4 is 16.9 Å². The van der Waals surface area contributed by atoms with Crippen molar-refractivity contribution < 1.29 is 14.6 Å². The molecule has 140 valence electrons. The minimum absolute atomic E-state index is 0.0804. The molecule has 0 fully saturated rings. The first-order valence-electron chi connectivity index (χ1n) is 8.84. The summed E-state index contributed by atoms with van der Waals surface area (Å²) < 4.78 is 5.26. The molecule has 3 rings (SSSR count). The van der Waals surface area contributed by atoms with Gasteiger partial charge in [-0.2, -0.15) is 0 Å². The second kappa shape index (κ2) is 11.1. The summed E-state index contributed by atoms with van der Waals surface area (Å²) in [6, 6.07) is 29.7. The summed E-state index contributed by atoms with van der Waals surface area (Å²) in [5.41, 5.74) is 0. The van der Waals surface area contributed by atoms with Gasteiger partial charge in [0.25, 0.3) is 0 Å². The van der Waals surface area contributed by atoms with Crippen LogP contribution in [0.4, 0.5) is 0 Å². The molecule has 0 amide bonds. The number of benzene rings is 3. The number of carbonyl (C=O) groups is 1. The van der Waals surface area contributed by atoms with E-state index in [2.05, 4.69) is 72.8 Å². The highest BCUT2D eigenvalue weighted by molar-refractivity contribution is 7.97. The van der Waals surface area contributed by atoms with E-state index < -0.39 is 5.97 Å². The molecule has 0 saturated heterocycles. The van der Waals surface area contributed by atoms with Crippen LogP contribution in [0.5, 0.6) is 5.75 Å². The lowest BCUT2D eigenvalue weighted by Gasteiger charge is -2.08. The summed E-state index contributed by atoms with van der Waals surface area (Å²) in [6.07, 6.45) is 0.850. The van der Waals surface area contributed by atoms with Crippen LogP contribution in [0.3, 0.4) is 0 Å². The van der Waals surface area contributed by atoms with E-state index in [-0.39, 0.29) is 17.3 Å².